The summed E-state index contributed by atoms with van der Waals surface area (Å²) in [5.74, 6) is 0.0267. The Morgan fingerprint density at radius 2 is 1.84 bits per heavy atom. The normalized spacial score (nSPS) is 18.0. The maximum atomic E-state index is 12.9. The first kappa shape index (κ1) is 21.7. The van der Waals surface area contributed by atoms with Crippen LogP contribution in [0, 0.1) is 13.8 Å². The Kier molecular flexibility index (Phi) is 5.78. The second-order valence-corrected chi connectivity index (χ2v) is 7.71. The molecular weight excluding hydrogens is 419 g/mol. The third-order valence-electron chi connectivity index (χ3n) is 5.46. The molecule has 0 aliphatic heterocycles. The van der Waals surface area contributed by atoms with E-state index >= 15 is 0 Å². The van der Waals surface area contributed by atoms with Crippen LogP contribution in [0.3, 0.4) is 0 Å². The van der Waals surface area contributed by atoms with Crippen molar-refractivity contribution in [3.63, 3.8) is 0 Å². The number of allylic oxidation sites excluding steroid dienone is 1. The minimum atomic E-state index is -4.48. The number of aromatic nitrogens is 2. The molecule has 1 aliphatic carbocycles. The first-order valence-electron chi connectivity index (χ1n) is 10.2. The number of amides is 1. The SMILES string of the molecule is Cc1nn(-c2ccccc2)c(C)c1C1C=CC(OC(=O)Nc2cccc(C(F)(F)F)c2)C1. The van der Waals surface area contributed by atoms with Crippen LogP contribution in [0.2, 0.25) is 0 Å². The monoisotopic (exact) mass is 441 g/mol. The fraction of sp³-hybridized carbons (Fsp3) is 0.250. The van der Waals surface area contributed by atoms with Gasteiger partial charge in [-0.3, -0.25) is 5.32 Å². The van der Waals surface area contributed by atoms with Gasteiger partial charge in [0.2, 0.25) is 0 Å². The highest BCUT2D eigenvalue weighted by Gasteiger charge is 2.31. The molecule has 0 bridgehead atoms. The zero-order valence-corrected chi connectivity index (χ0v) is 17.6. The summed E-state index contributed by atoms with van der Waals surface area (Å²) in [5.41, 5.74) is 3.15. The molecule has 1 heterocycles. The fourth-order valence-electron chi connectivity index (χ4n) is 4.04. The predicted molar refractivity (Wildman–Crippen MR) is 115 cm³/mol. The molecule has 166 valence electrons. The van der Waals surface area contributed by atoms with Crippen LogP contribution in [-0.4, -0.2) is 22.0 Å². The lowest BCUT2D eigenvalue weighted by molar-refractivity contribution is -0.137. The van der Waals surface area contributed by atoms with E-state index in [4.69, 9.17) is 4.74 Å². The van der Waals surface area contributed by atoms with Gasteiger partial charge in [0, 0.05) is 22.9 Å². The van der Waals surface area contributed by atoms with Crippen molar-refractivity contribution in [1.29, 1.82) is 0 Å². The number of halogens is 3. The summed E-state index contributed by atoms with van der Waals surface area (Å²) in [7, 11) is 0. The lowest BCUT2D eigenvalue weighted by atomic mass is 9.96. The summed E-state index contributed by atoms with van der Waals surface area (Å²) >= 11 is 0. The van der Waals surface area contributed by atoms with Gasteiger partial charge in [-0.15, -0.1) is 0 Å². The zero-order valence-electron chi connectivity index (χ0n) is 17.6. The Balaban J connectivity index is 1.41. The van der Waals surface area contributed by atoms with E-state index in [-0.39, 0.29) is 11.6 Å². The van der Waals surface area contributed by atoms with Crippen molar-refractivity contribution in [2.24, 2.45) is 0 Å². The van der Waals surface area contributed by atoms with E-state index in [2.05, 4.69) is 10.4 Å². The predicted octanol–water partition coefficient (Wildman–Crippen LogP) is 6.17. The second kappa shape index (κ2) is 8.53. The maximum Gasteiger partial charge on any atom is 0.416 e. The summed E-state index contributed by atoms with van der Waals surface area (Å²) in [6.45, 7) is 3.95. The van der Waals surface area contributed by atoms with Crippen LogP contribution in [0.1, 0.15) is 34.9 Å². The quantitative estimate of drug-likeness (QED) is 0.493. The molecule has 5 nitrogen and oxygen atoms in total. The number of alkyl halides is 3. The van der Waals surface area contributed by atoms with E-state index in [1.807, 2.05) is 54.9 Å². The van der Waals surface area contributed by atoms with Gasteiger partial charge < -0.3 is 4.74 Å². The number of nitrogens with one attached hydrogen (secondary N) is 1. The van der Waals surface area contributed by atoms with Gasteiger partial charge in [-0.25, -0.2) is 9.48 Å². The molecule has 2 unspecified atom stereocenters. The van der Waals surface area contributed by atoms with Crippen LogP contribution in [0.15, 0.2) is 66.7 Å². The number of rotatable bonds is 4. The van der Waals surface area contributed by atoms with Crippen molar-refractivity contribution in [2.45, 2.75) is 38.5 Å². The second-order valence-electron chi connectivity index (χ2n) is 7.71. The minimum absolute atomic E-state index is 0.0267. The summed E-state index contributed by atoms with van der Waals surface area (Å²) in [6, 6.07) is 14.3. The van der Waals surface area contributed by atoms with Crippen LogP contribution in [0.25, 0.3) is 5.69 Å². The molecule has 32 heavy (non-hydrogen) atoms. The highest BCUT2D eigenvalue weighted by atomic mass is 19.4. The summed E-state index contributed by atoms with van der Waals surface area (Å²) in [5, 5.41) is 7.04. The molecule has 1 aromatic heterocycles. The van der Waals surface area contributed by atoms with E-state index in [1.54, 1.807) is 6.08 Å². The van der Waals surface area contributed by atoms with Crippen molar-refractivity contribution in [2.75, 3.05) is 5.32 Å². The number of carbonyl (C=O) groups excluding carboxylic acids is 1. The number of benzene rings is 2. The molecule has 1 aliphatic rings. The van der Waals surface area contributed by atoms with Gasteiger partial charge in [0.15, 0.2) is 0 Å². The molecule has 0 fully saturated rings. The molecule has 0 radical (unpaired) electrons. The summed E-state index contributed by atoms with van der Waals surface area (Å²) < 4.78 is 45.9. The van der Waals surface area contributed by atoms with Gasteiger partial charge in [-0.1, -0.05) is 30.3 Å². The Morgan fingerprint density at radius 3 is 2.56 bits per heavy atom. The summed E-state index contributed by atoms with van der Waals surface area (Å²) in [4.78, 5) is 12.2. The first-order valence-corrected chi connectivity index (χ1v) is 10.2. The van der Waals surface area contributed by atoms with Gasteiger partial charge in [-0.05, 0) is 56.7 Å². The first-order chi connectivity index (χ1) is 15.2. The van der Waals surface area contributed by atoms with Gasteiger partial charge in [0.25, 0.3) is 0 Å². The van der Waals surface area contributed by atoms with Gasteiger partial charge in [0.05, 0.1) is 16.9 Å². The van der Waals surface area contributed by atoms with Crippen molar-refractivity contribution in [1.82, 2.24) is 9.78 Å². The van der Waals surface area contributed by atoms with Crippen molar-refractivity contribution < 1.29 is 22.7 Å². The molecule has 0 spiro atoms. The molecule has 4 rings (SSSR count). The van der Waals surface area contributed by atoms with Crippen LogP contribution < -0.4 is 5.32 Å². The van der Waals surface area contributed by atoms with Crippen LogP contribution in [-0.2, 0) is 10.9 Å². The highest BCUT2D eigenvalue weighted by Crippen LogP contribution is 2.35. The molecule has 3 aromatic rings. The number of para-hydroxylation sites is 1. The van der Waals surface area contributed by atoms with Crippen LogP contribution in [0.4, 0.5) is 23.7 Å². The topological polar surface area (TPSA) is 56.2 Å². The molecule has 1 amide bonds. The number of nitrogens with zero attached hydrogens (tertiary/aromatic N) is 2. The molecular formula is C24H22F3N3O2. The molecule has 0 saturated carbocycles. The van der Waals surface area contributed by atoms with Gasteiger partial charge in [0.1, 0.15) is 6.10 Å². The molecule has 8 heteroatoms. The maximum absolute atomic E-state index is 12.9. The average molecular weight is 441 g/mol. The number of anilines is 1. The van der Waals surface area contributed by atoms with Crippen molar-refractivity contribution in [3.8, 4) is 5.69 Å². The largest absolute Gasteiger partial charge is 0.442 e. The Bertz CT molecular complexity index is 1150. The fourth-order valence-corrected chi connectivity index (χ4v) is 4.04. The molecule has 2 atom stereocenters. The Morgan fingerprint density at radius 1 is 1.09 bits per heavy atom. The number of carbonyl (C=O) groups is 1. The van der Waals surface area contributed by atoms with E-state index in [0.29, 0.717) is 6.42 Å². The number of hydrogen-bond acceptors (Lipinski definition) is 3. The van der Waals surface area contributed by atoms with Crippen LogP contribution >= 0.6 is 0 Å². The minimum Gasteiger partial charge on any atom is -0.442 e. The van der Waals surface area contributed by atoms with Gasteiger partial charge >= 0.3 is 12.3 Å². The Hall–Kier alpha value is -3.55. The van der Waals surface area contributed by atoms with Gasteiger partial charge in [-0.2, -0.15) is 18.3 Å². The lowest BCUT2D eigenvalue weighted by Gasteiger charge is -2.15. The van der Waals surface area contributed by atoms with Crippen molar-refractivity contribution in [3.05, 3.63) is 89.3 Å². The summed E-state index contributed by atoms with van der Waals surface area (Å²) in [6.07, 6.45) is -1.44. The lowest BCUT2D eigenvalue weighted by Crippen LogP contribution is -2.20. The van der Waals surface area contributed by atoms with E-state index in [1.165, 1.54) is 12.1 Å². The third kappa shape index (κ3) is 4.54. The van der Waals surface area contributed by atoms with E-state index in [0.717, 1.165) is 34.8 Å². The average Bonchev–Trinajstić information content (AvgIpc) is 3.31. The Labute approximate surface area is 183 Å². The highest BCUT2D eigenvalue weighted by molar-refractivity contribution is 5.85. The number of hydrogen-bond donors (Lipinski definition) is 1. The molecule has 1 N–H and O–H groups in total. The number of ether oxygens (including phenoxy) is 1. The van der Waals surface area contributed by atoms with E-state index in [9.17, 15) is 18.0 Å². The van der Waals surface area contributed by atoms with E-state index < -0.39 is 23.9 Å². The molecule has 2 aromatic carbocycles. The third-order valence-corrected chi connectivity index (χ3v) is 5.46. The van der Waals surface area contributed by atoms with Crippen LogP contribution in [0.5, 0.6) is 0 Å². The zero-order chi connectivity index (χ0) is 22.9. The molecule has 0 saturated heterocycles. The smallest absolute Gasteiger partial charge is 0.416 e. The van der Waals surface area contributed by atoms with Crippen molar-refractivity contribution >= 4 is 11.8 Å². The number of aryl methyl sites for hydroxylation is 1. The standard InChI is InChI=1S/C24H22F3N3O2/c1-15-22(16(2)30(29-15)20-9-4-3-5-10-20)17-11-12-21(13-17)32-23(31)28-19-8-6-7-18(14-19)24(25,26)27/h3-12,14,17,21H,13H2,1-2H3,(H,28,31).